The summed E-state index contributed by atoms with van der Waals surface area (Å²) in [7, 11) is 0. The molecule has 2 aromatic heterocycles. The van der Waals surface area contributed by atoms with Crippen LogP contribution in [0.1, 0.15) is 36.0 Å². The Bertz CT molecular complexity index is 1060. The van der Waals surface area contributed by atoms with Gasteiger partial charge in [0.25, 0.3) is 0 Å². The summed E-state index contributed by atoms with van der Waals surface area (Å²) in [5, 5.41) is 12.9. The number of carboxylic acids is 1. The van der Waals surface area contributed by atoms with E-state index >= 15 is 0 Å². The second kappa shape index (κ2) is 4.86. The van der Waals surface area contributed by atoms with Gasteiger partial charge in [0.15, 0.2) is 11.6 Å². The van der Waals surface area contributed by atoms with Gasteiger partial charge in [-0.25, -0.2) is 14.2 Å². The Labute approximate surface area is 153 Å². The van der Waals surface area contributed by atoms with Crippen molar-refractivity contribution in [2.75, 3.05) is 18.0 Å². The number of anilines is 1. The van der Waals surface area contributed by atoms with Gasteiger partial charge in [-0.3, -0.25) is 4.79 Å². The maximum atomic E-state index is 14.9. The van der Waals surface area contributed by atoms with E-state index in [0.717, 1.165) is 32.2 Å². The predicted molar refractivity (Wildman–Crippen MR) is 95.8 cm³/mol. The van der Waals surface area contributed by atoms with Crippen LogP contribution in [-0.4, -0.2) is 45.8 Å². The fraction of sp³-hybridized carbons (Fsp3) is 0.526. The molecule has 140 valence electrons. The largest absolute Gasteiger partial charge is 0.477 e. The number of hydrogen-bond donors (Lipinski definition) is 2. The molecule has 0 amide bonds. The Balaban J connectivity index is 1.59. The lowest BCUT2D eigenvalue weighted by molar-refractivity contribution is -0.0864. The summed E-state index contributed by atoms with van der Waals surface area (Å²) in [5.41, 5.74) is -0.724. The Hall–Kier alpha value is -2.48. The second-order valence-corrected chi connectivity index (χ2v) is 8.56. The molecule has 4 heterocycles. The van der Waals surface area contributed by atoms with Crippen molar-refractivity contribution in [3.8, 4) is 0 Å². The number of aromatic nitrogens is 2. The van der Waals surface area contributed by atoms with Crippen LogP contribution in [0.25, 0.3) is 11.0 Å². The van der Waals surface area contributed by atoms with Gasteiger partial charge in [-0.05, 0) is 37.7 Å². The molecule has 7 nitrogen and oxygen atoms in total. The Morgan fingerprint density at radius 3 is 2.70 bits per heavy atom. The normalized spacial score (nSPS) is 33.2. The van der Waals surface area contributed by atoms with Gasteiger partial charge in [-0.2, -0.15) is 0 Å². The molecule has 2 saturated heterocycles. The molecular formula is C19H19FN4O3. The molecule has 3 saturated carbocycles. The van der Waals surface area contributed by atoms with Crippen molar-refractivity contribution < 1.29 is 14.3 Å². The standard InChI is InChI=1S/C19H19FN4O3/c20-14-2-12-15(25)13(18(26)27)8-24(19-3-9(4-19)5-19)16(12)22-17(14)23-7-10-1-11(23)6-21-10/h2,8-11,21H,1,3-7H2,(H,26,27)/t9?,10-,11-,19?/m0/s1. The van der Waals surface area contributed by atoms with E-state index in [9.17, 15) is 19.1 Å². The number of fused-ring (bicyclic) bond motifs is 3. The van der Waals surface area contributed by atoms with Crippen molar-refractivity contribution in [2.24, 2.45) is 5.92 Å². The van der Waals surface area contributed by atoms with Crippen LogP contribution in [0.2, 0.25) is 0 Å². The van der Waals surface area contributed by atoms with Crippen LogP contribution in [0.4, 0.5) is 10.2 Å². The summed E-state index contributed by atoms with van der Waals surface area (Å²) < 4.78 is 16.8. The summed E-state index contributed by atoms with van der Waals surface area (Å²) in [4.78, 5) is 30.8. The van der Waals surface area contributed by atoms with Gasteiger partial charge in [0.05, 0.1) is 5.39 Å². The first-order valence-electron chi connectivity index (χ1n) is 9.45. The SMILES string of the molecule is O=C(O)c1cn(C23CC(C2)C3)c2nc(N3C[C@@H]4C[C@H]3CN4)c(F)cc2c1=O. The number of carboxylic acid groups (broad SMARTS) is 1. The average Bonchev–Trinajstić information content (AvgIpc) is 3.17. The molecule has 0 aromatic carbocycles. The number of nitrogens with one attached hydrogen (secondary N) is 1. The first-order chi connectivity index (χ1) is 12.9. The van der Waals surface area contributed by atoms with E-state index in [0.29, 0.717) is 24.2 Å². The van der Waals surface area contributed by atoms with E-state index < -0.39 is 17.2 Å². The maximum absolute atomic E-state index is 14.9. The second-order valence-electron chi connectivity index (χ2n) is 8.56. The number of aromatic carboxylic acids is 1. The van der Waals surface area contributed by atoms with Crippen molar-refractivity contribution >= 4 is 22.8 Å². The molecule has 2 aromatic rings. The van der Waals surface area contributed by atoms with E-state index in [1.165, 1.54) is 12.3 Å². The third-order valence-corrected chi connectivity index (χ3v) is 6.99. The minimum atomic E-state index is -1.28. The van der Waals surface area contributed by atoms with E-state index in [1.54, 1.807) is 0 Å². The zero-order chi connectivity index (χ0) is 18.5. The fourth-order valence-electron chi connectivity index (χ4n) is 5.48. The molecule has 0 radical (unpaired) electrons. The summed E-state index contributed by atoms with van der Waals surface area (Å²) in [6.07, 6.45) is 5.30. The smallest absolute Gasteiger partial charge is 0.341 e. The van der Waals surface area contributed by atoms with Gasteiger partial charge < -0.3 is 19.9 Å². The molecule has 5 fully saturated rings. The Morgan fingerprint density at radius 2 is 2.15 bits per heavy atom. The number of hydrogen-bond acceptors (Lipinski definition) is 5. The summed E-state index contributed by atoms with van der Waals surface area (Å²) in [5.74, 6) is -0.888. The van der Waals surface area contributed by atoms with E-state index in [4.69, 9.17) is 0 Å². The minimum Gasteiger partial charge on any atom is -0.477 e. The van der Waals surface area contributed by atoms with Crippen LogP contribution in [0.5, 0.6) is 0 Å². The zero-order valence-electron chi connectivity index (χ0n) is 14.6. The van der Waals surface area contributed by atoms with Crippen LogP contribution in [0.15, 0.2) is 17.1 Å². The highest BCUT2D eigenvalue weighted by atomic mass is 19.1. The molecule has 0 spiro atoms. The first kappa shape index (κ1) is 15.6. The van der Waals surface area contributed by atoms with Gasteiger partial charge in [0.1, 0.15) is 11.2 Å². The lowest BCUT2D eigenvalue weighted by Gasteiger charge is -2.62. The number of carbonyl (C=O) groups is 1. The Kier molecular flexibility index (Phi) is 2.80. The highest BCUT2D eigenvalue weighted by molar-refractivity contribution is 5.92. The number of halogens is 1. The molecule has 5 aliphatic rings. The van der Waals surface area contributed by atoms with Gasteiger partial charge in [-0.1, -0.05) is 0 Å². The van der Waals surface area contributed by atoms with Crippen molar-refractivity contribution in [3.05, 3.63) is 33.9 Å². The number of nitrogens with zero attached hydrogens (tertiary/aromatic N) is 3. The van der Waals surface area contributed by atoms with Crippen LogP contribution in [-0.2, 0) is 5.54 Å². The monoisotopic (exact) mass is 370 g/mol. The maximum Gasteiger partial charge on any atom is 0.341 e. The molecule has 2 N–H and O–H groups in total. The quantitative estimate of drug-likeness (QED) is 0.847. The molecular weight excluding hydrogens is 351 g/mol. The molecule has 2 atom stereocenters. The predicted octanol–water partition coefficient (Wildman–Crippen LogP) is 1.29. The molecule has 3 aliphatic carbocycles. The molecule has 4 bridgehead atoms. The lowest BCUT2D eigenvalue weighted by atomic mass is 9.49. The summed E-state index contributed by atoms with van der Waals surface area (Å²) >= 11 is 0. The van der Waals surface area contributed by atoms with E-state index in [-0.39, 0.29) is 28.3 Å². The van der Waals surface area contributed by atoms with Crippen molar-refractivity contribution in [2.45, 2.75) is 43.3 Å². The highest BCUT2D eigenvalue weighted by Gasteiger charge is 2.58. The Morgan fingerprint density at radius 1 is 1.37 bits per heavy atom. The molecule has 8 heteroatoms. The van der Waals surface area contributed by atoms with Crippen molar-refractivity contribution in [3.63, 3.8) is 0 Å². The third-order valence-electron chi connectivity index (χ3n) is 6.99. The van der Waals surface area contributed by atoms with Crippen LogP contribution in [0, 0.1) is 11.7 Å². The average molecular weight is 370 g/mol. The minimum absolute atomic E-state index is 0.0587. The van der Waals surface area contributed by atoms with Gasteiger partial charge >= 0.3 is 5.97 Å². The third kappa shape index (κ3) is 1.91. The molecule has 7 rings (SSSR count). The van der Waals surface area contributed by atoms with Crippen molar-refractivity contribution in [1.82, 2.24) is 14.9 Å². The van der Waals surface area contributed by atoms with Crippen molar-refractivity contribution in [1.29, 1.82) is 0 Å². The topological polar surface area (TPSA) is 87.5 Å². The van der Waals surface area contributed by atoms with Crippen LogP contribution >= 0.6 is 0 Å². The summed E-state index contributed by atoms with van der Waals surface area (Å²) in [6, 6.07) is 1.75. The van der Waals surface area contributed by atoms with E-state index in [2.05, 4.69) is 10.3 Å². The van der Waals surface area contributed by atoms with Gasteiger partial charge in [0.2, 0.25) is 5.43 Å². The lowest BCUT2D eigenvalue weighted by Crippen LogP contribution is -2.59. The molecule has 27 heavy (non-hydrogen) atoms. The van der Waals surface area contributed by atoms with Gasteiger partial charge in [0, 0.05) is 36.9 Å². The highest BCUT2D eigenvalue weighted by Crippen LogP contribution is 2.62. The number of piperazine rings is 1. The van der Waals surface area contributed by atoms with Crippen LogP contribution in [0.3, 0.4) is 0 Å². The van der Waals surface area contributed by atoms with Crippen LogP contribution < -0.4 is 15.6 Å². The first-order valence-corrected chi connectivity index (χ1v) is 9.45. The zero-order valence-corrected chi connectivity index (χ0v) is 14.6. The fourth-order valence-corrected chi connectivity index (χ4v) is 5.48. The summed E-state index contributed by atoms with van der Waals surface area (Å²) in [6.45, 7) is 1.50. The number of pyridine rings is 2. The van der Waals surface area contributed by atoms with E-state index in [1.807, 2.05) is 9.47 Å². The number of rotatable bonds is 3. The van der Waals surface area contributed by atoms with Gasteiger partial charge in [-0.15, -0.1) is 0 Å². The molecule has 0 unspecified atom stereocenters. The molecule has 2 aliphatic heterocycles.